The molecule has 0 saturated heterocycles. The van der Waals surface area contributed by atoms with Crippen molar-refractivity contribution in [3.05, 3.63) is 51.9 Å². The number of rotatable bonds is 1. The standard InChI is InChI=1S/C21H25N3O2S/c1-21(2,3)17-11-18(25)24-12-15(13-27-20(24)22-17)19(26)23-10-6-8-14-7-4-5-9-16(14)23/h4-5,7,9,11,15H,6,8,10,12-13H2,1-3H3. The summed E-state index contributed by atoms with van der Waals surface area (Å²) in [6.45, 7) is 7.33. The van der Waals surface area contributed by atoms with Crippen LogP contribution in [-0.4, -0.2) is 27.8 Å². The van der Waals surface area contributed by atoms with Gasteiger partial charge in [-0.2, -0.15) is 0 Å². The van der Waals surface area contributed by atoms with Crippen LogP contribution >= 0.6 is 11.8 Å². The topological polar surface area (TPSA) is 55.2 Å². The summed E-state index contributed by atoms with van der Waals surface area (Å²) in [5.74, 6) is 0.582. The molecule has 3 heterocycles. The van der Waals surface area contributed by atoms with Gasteiger partial charge in [-0.3, -0.25) is 14.2 Å². The Hall–Kier alpha value is -2.08. The van der Waals surface area contributed by atoms with E-state index < -0.39 is 0 Å². The van der Waals surface area contributed by atoms with Gasteiger partial charge in [0.25, 0.3) is 5.56 Å². The third-order valence-electron chi connectivity index (χ3n) is 5.28. The first-order chi connectivity index (χ1) is 12.8. The third kappa shape index (κ3) is 3.43. The average Bonchev–Trinajstić information content (AvgIpc) is 2.66. The lowest BCUT2D eigenvalue weighted by Gasteiger charge is -2.34. The highest BCUT2D eigenvalue weighted by Crippen LogP contribution is 2.32. The maximum Gasteiger partial charge on any atom is 0.254 e. The second-order valence-corrected chi connectivity index (χ2v) is 9.34. The van der Waals surface area contributed by atoms with Gasteiger partial charge in [0.2, 0.25) is 5.91 Å². The zero-order chi connectivity index (χ0) is 19.2. The zero-order valence-electron chi connectivity index (χ0n) is 16.1. The molecule has 0 fully saturated rings. The highest BCUT2D eigenvalue weighted by molar-refractivity contribution is 7.99. The third-order valence-corrected chi connectivity index (χ3v) is 6.42. The zero-order valence-corrected chi connectivity index (χ0v) is 16.9. The summed E-state index contributed by atoms with van der Waals surface area (Å²) < 4.78 is 1.67. The summed E-state index contributed by atoms with van der Waals surface area (Å²) in [6, 6.07) is 9.75. The minimum atomic E-state index is -0.200. The molecular weight excluding hydrogens is 358 g/mol. The molecular formula is C21H25N3O2S. The molecule has 5 nitrogen and oxygen atoms in total. The van der Waals surface area contributed by atoms with E-state index in [4.69, 9.17) is 0 Å². The van der Waals surface area contributed by atoms with Crippen molar-refractivity contribution in [1.82, 2.24) is 9.55 Å². The van der Waals surface area contributed by atoms with Crippen LogP contribution < -0.4 is 10.5 Å². The largest absolute Gasteiger partial charge is 0.312 e. The van der Waals surface area contributed by atoms with Crippen LogP contribution in [0.15, 0.2) is 40.3 Å². The number of aryl methyl sites for hydroxylation is 1. The number of fused-ring (bicyclic) bond motifs is 2. The van der Waals surface area contributed by atoms with Gasteiger partial charge in [-0.25, -0.2) is 4.98 Å². The molecule has 4 rings (SSSR count). The lowest BCUT2D eigenvalue weighted by atomic mass is 9.92. The van der Waals surface area contributed by atoms with Gasteiger partial charge in [0.05, 0.1) is 11.6 Å². The molecule has 0 saturated carbocycles. The van der Waals surface area contributed by atoms with Crippen molar-refractivity contribution in [2.75, 3.05) is 17.2 Å². The predicted molar refractivity (Wildman–Crippen MR) is 109 cm³/mol. The van der Waals surface area contributed by atoms with Crippen molar-refractivity contribution < 1.29 is 4.79 Å². The number of aromatic nitrogens is 2. The van der Waals surface area contributed by atoms with E-state index in [1.165, 1.54) is 17.3 Å². The first-order valence-corrected chi connectivity index (χ1v) is 10.5. The van der Waals surface area contributed by atoms with Crippen LogP contribution in [0.1, 0.15) is 38.4 Å². The molecule has 0 aliphatic carbocycles. The van der Waals surface area contributed by atoms with Crippen LogP contribution in [0.3, 0.4) is 0 Å². The number of carbonyl (C=O) groups is 1. The molecule has 0 radical (unpaired) electrons. The van der Waals surface area contributed by atoms with Crippen molar-refractivity contribution in [3.8, 4) is 0 Å². The predicted octanol–water partition coefficient (Wildman–Crippen LogP) is 3.24. The van der Waals surface area contributed by atoms with Crippen LogP contribution in [0.25, 0.3) is 0 Å². The minimum Gasteiger partial charge on any atom is -0.312 e. The molecule has 2 aliphatic heterocycles. The van der Waals surface area contributed by atoms with Gasteiger partial charge in [-0.1, -0.05) is 50.7 Å². The van der Waals surface area contributed by atoms with Gasteiger partial charge in [0.15, 0.2) is 5.16 Å². The van der Waals surface area contributed by atoms with Crippen LogP contribution in [0.5, 0.6) is 0 Å². The van der Waals surface area contributed by atoms with Gasteiger partial charge >= 0.3 is 0 Å². The molecule has 2 aliphatic rings. The van der Waals surface area contributed by atoms with Gasteiger partial charge in [-0.05, 0) is 24.5 Å². The summed E-state index contributed by atoms with van der Waals surface area (Å²) in [5, 5.41) is 0.732. The fourth-order valence-electron chi connectivity index (χ4n) is 3.73. The second-order valence-electron chi connectivity index (χ2n) is 8.35. The smallest absolute Gasteiger partial charge is 0.254 e. The molecule has 1 atom stereocenters. The molecule has 1 aromatic carbocycles. The fraction of sp³-hybridized carbons (Fsp3) is 0.476. The Labute approximate surface area is 163 Å². The molecule has 0 bridgehead atoms. The number of hydrogen-bond donors (Lipinski definition) is 0. The molecule has 0 N–H and O–H groups in total. The van der Waals surface area contributed by atoms with Gasteiger partial charge < -0.3 is 4.90 Å². The molecule has 142 valence electrons. The normalized spacial score (nSPS) is 19.4. The number of nitrogens with zero attached hydrogens (tertiary/aromatic N) is 3. The number of para-hydroxylation sites is 1. The first-order valence-electron chi connectivity index (χ1n) is 9.49. The van der Waals surface area contributed by atoms with E-state index in [9.17, 15) is 9.59 Å². The number of anilines is 1. The SMILES string of the molecule is CC(C)(C)c1cc(=O)n2c(n1)SCC(C(=O)N1CCCc3ccccc31)C2. The van der Waals surface area contributed by atoms with Crippen LogP contribution in [0.4, 0.5) is 5.69 Å². The summed E-state index contributed by atoms with van der Waals surface area (Å²) in [6.07, 6.45) is 2.00. The number of benzene rings is 1. The monoisotopic (exact) mass is 383 g/mol. The summed E-state index contributed by atoms with van der Waals surface area (Å²) >= 11 is 1.52. The second kappa shape index (κ2) is 6.82. The highest BCUT2D eigenvalue weighted by atomic mass is 32.2. The minimum absolute atomic E-state index is 0.0611. The average molecular weight is 384 g/mol. The maximum absolute atomic E-state index is 13.2. The van der Waals surface area contributed by atoms with E-state index >= 15 is 0 Å². The fourth-order valence-corrected chi connectivity index (χ4v) is 4.81. The number of thioether (sulfide) groups is 1. The van der Waals surface area contributed by atoms with E-state index in [0.717, 1.165) is 35.9 Å². The molecule has 1 aromatic heterocycles. The van der Waals surface area contributed by atoms with Gasteiger partial charge in [-0.15, -0.1) is 0 Å². The Morgan fingerprint density at radius 2 is 2.04 bits per heavy atom. The van der Waals surface area contributed by atoms with E-state index in [1.807, 2.05) is 23.1 Å². The molecule has 1 unspecified atom stereocenters. The molecule has 2 aromatic rings. The Kier molecular flexibility index (Phi) is 4.62. The quantitative estimate of drug-likeness (QED) is 0.710. The Bertz CT molecular complexity index is 945. The molecule has 1 amide bonds. The Morgan fingerprint density at radius 1 is 1.26 bits per heavy atom. The number of carbonyl (C=O) groups excluding carboxylic acids is 1. The first kappa shape index (κ1) is 18.3. The number of amides is 1. The Balaban J connectivity index is 1.61. The van der Waals surface area contributed by atoms with Crippen molar-refractivity contribution in [2.24, 2.45) is 5.92 Å². The van der Waals surface area contributed by atoms with Crippen LogP contribution in [0.2, 0.25) is 0 Å². The van der Waals surface area contributed by atoms with Gasteiger partial charge in [0, 0.05) is 36.0 Å². The van der Waals surface area contributed by atoms with Crippen molar-refractivity contribution in [3.63, 3.8) is 0 Å². The van der Waals surface area contributed by atoms with Gasteiger partial charge in [0.1, 0.15) is 0 Å². The lowest BCUT2D eigenvalue weighted by molar-refractivity contribution is -0.122. The highest BCUT2D eigenvalue weighted by Gasteiger charge is 2.33. The summed E-state index contributed by atoms with van der Waals surface area (Å²) in [5.41, 5.74) is 2.84. The molecule has 6 heteroatoms. The molecule has 27 heavy (non-hydrogen) atoms. The summed E-state index contributed by atoms with van der Waals surface area (Å²) in [7, 11) is 0. The lowest BCUT2D eigenvalue weighted by Crippen LogP contribution is -2.44. The van der Waals surface area contributed by atoms with Crippen molar-refractivity contribution in [2.45, 2.75) is 50.7 Å². The maximum atomic E-state index is 13.2. The Morgan fingerprint density at radius 3 is 2.81 bits per heavy atom. The van der Waals surface area contributed by atoms with E-state index in [1.54, 1.807) is 10.6 Å². The van der Waals surface area contributed by atoms with E-state index in [2.05, 4.69) is 31.8 Å². The van der Waals surface area contributed by atoms with E-state index in [-0.39, 0.29) is 22.8 Å². The van der Waals surface area contributed by atoms with Crippen molar-refractivity contribution >= 4 is 23.4 Å². The van der Waals surface area contributed by atoms with Crippen LogP contribution in [0, 0.1) is 5.92 Å². The van der Waals surface area contributed by atoms with E-state index in [0.29, 0.717) is 12.3 Å². The number of hydrogen-bond acceptors (Lipinski definition) is 4. The van der Waals surface area contributed by atoms with Crippen LogP contribution in [-0.2, 0) is 23.2 Å². The van der Waals surface area contributed by atoms with Crippen molar-refractivity contribution in [1.29, 1.82) is 0 Å². The molecule has 0 spiro atoms. The summed E-state index contributed by atoms with van der Waals surface area (Å²) in [4.78, 5) is 32.5.